The molecule has 1 aliphatic heterocycles. The number of rotatable bonds is 18. The molecule has 1 rings (SSSR count). The Labute approximate surface area is 453 Å². The lowest BCUT2D eigenvalue weighted by Gasteiger charge is -2.35. The molecule has 0 bridgehead atoms. The van der Waals surface area contributed by atoms with Crippen LogP contribution < -0.4 is 34.1 Å². The number of nitrogens with one attached hydrogen (secondary N) is 3. The van der Waals surface area contributed by atoms with Gasteiger partial charge in [0.25, 0.3) is 0 Å². The fraction of sp³-hybridized carbons (Fsp3) is 0.833. The van der Waals surface area contributed by atoms with Gasteiger partial charge in [-0.15, -0.1) is 0 Å². The first-order chi connectivity index (χ1) is 33.4. The van der Waals surface area contributed by atoms with Crippen molar-refractivity contribution in [1.82, 2.24) is 25.8 Å². The molecule has 1 heterocycles. The molecule has 0 saturated carbocycles. The Morgan fingerprint density at radius 3 is 1.42 bits per heavy atom. The Balaban J connectivity index is -0.000000485. The Hall–Kier alpha value is -4.59. The van der Waals surface area contributed by atoms with E-state index in [1.54, 1.807) is 104 Å². The van der Waals surface area contributed by atoms with E-state index in [1.807, 2.05) is 0 Å². The summed E-state index contributed by atoms with van der Waals surface area (Å²) in [4.78, 5) is 96.9. The third kappa shape index (κ3) is 42.7. The zero-order valence-corrected chi connectivity index (χ0v) is 49.5. The monoisotopic (exact) mass is 1150 g/mol. The molecule has 1 aliphatic rings. The van der Waals surface area contributed by atoms with Gasteiger partial charge in [0.1, 0.15) is 46.7 Å². The Kier molecular flexibility index (Phi) is 39.0. The van der Waals surface area contributed by atoms with Gasteiger partial charge in [-0.25, -0.2) is 38.4 Å². The van der Waals surface area contributed by atoms with Gasteiger partial charge in [-0.2, -0.15) is 0 Å². The molecule has 8 N–H and O–H groups in total. The number of morpholine rings is 1. The van der Waals surface area contributed by atoms with Crippen molar-refractivity contribution in [2.24, 2.45) is 0 Å². The van der Waals surface area contributed by atoms with Crippen molar-refractivity contribution in [3.8, 4) is 0 Å². The minimum atomic E-state index is -0.933. The molecule has 0 unspecified atom stereocenters. The SMILES string of the molecule is CC(C)(C)OC(=O)NCCC[C@H]1C(=O)OCCN1C(=O)OC(C)(C)C.COC(=O)[C@@H]([NH3+])CCCNC(=O)OC(C)(C)C.COC(=O)[C@H](CCCNC(=O)OC(C)(C)C)N(CCO)C(=O)OC(C)(C)C.OCCBr.[Cl-]. The van der Waals surface area contributed by atoms with Crippen LogP contribution in [0.5, 0.6) is 0 Å². The maximum absolute atomic E-state index is 12.4. The van der Waals surface area contributed by atoms with Crippen molar-refractivity contribution in [3.05, 3.63) is 0 Å². The van der Waals surface area contributed by atoms with Crippen LogP contribution in [0.1, 0.15) is 142 Å². The molecule has 0 spiro atoms. The number of ether oxygens (including phenoxy) is 8. The standard InChI is InChI=1S/C18H34N2O7.C17H30N2O6.C11H22N2O4.C2H5BrO.ClH/c1-17(2,3)26-15(23)19-10-8-9-13(14(22)25-7)20(11-12-21)16(24)27-18(4,5)6;1-16(2,3)24-14(21)18-9-7-8-12-13(20)23-11-10-19(12)15(22)25-17(4,5)6;1-11(2,3)17-10(15)13-7-5-6-8(12)9(14)16-4;3-1-2-4;/h13,21H,8-12H2,1-7H3,(H,19,23);12H,7-11H2,1-6H3,(H,18,21);8H,5-7,12H2,1-4H3,(H,13,15);4H,1-2H2;1H/t13-;12-;8-;;/m000../s1. The first kappa shape index (κ1) is 75.9. The minimum absolute atomic E-state index is 0. The number of methoxy groups -OCH3 is 2. The second kappa shape index (κ2) is 38.0. The molecule has 0 radical (unpaired) electrons. The Bertz CT molecular complexity index is 1660. The molecule has 0 aromatic heterocycles. The Morgan fingerprint density at radius 1 is 0.662 bits per heavy atom. The fourth-order valence-corrected chi connectivity index (χ4v) is 5.51. The quantitative estimate of drug-likeness (QED) is 0.0495. The highest BCUT2D eigenvalue weighted by Crippen LogP contribution is 2.19. The number of nitrogens with zero attached hydrogens (tertiary/aromatic N) is 2. The smallest absolute Gasteiger partial charge is 0.411 e. The number of hydrogen-bond acceptors (Lipinski definition) is 18. The van der Waals surface area contributed by atoms with Gasteiger partial charge in [0.15, 0.2) is 6.04 Å². The average Bonchev–Trinajstić information content (AvgIpc) is 3.23. The molecule has 5 amide bonds. The van der Waals surface area contributed by atoms with Crippen LogP contribution in [0.15, 0.2) is 0 Å². The maximum Gasteiger partial charge on any atom is 0.411 e. The number of aliphatic hydroxyl groups is 2. The van der Waals surface area contributed by atoms with E-state index in [2.05, 4.69) is 42.4 Å². The van der Waals surface area contributed by atoms with Crippen molar-refractivity contribution < 1.29 is 105 Å². The van der Waals surface area contributed by atoms with E-state index in [-0.39, 0.29) is 63.7 Å². The van der Waals surface area contributed by atoms with E-state index in [0.717, 1.165) is 4.90 Å². The normalized spacial score (nSPS) is 14.2. The number of quaternary nitrogens is 1. The second-order valence-electron chi connectivity index (χ2n) is 21.1. The van der Waals surface area contributed by atoms with Crippen LogP contribution in [0, 0.1) is 0 Å². The van der Waals surface area contributed by atoms with Gasteiger partial charge in [-0.1, -0.05) is 15.9 Å². The number of carbonyl (C=O) groups excluding carboxylic acids is 8. The number of halogens is 2. The van der Waals surface area contributed by atoms with Crippen molar-refractivity contribution in [2.75, 3.05) is 72.1 Å². The van der Waals surface area contributed by atoms with Gasteiger partial charge < -0.3 is 82.2 Å². The van der Waals surface area contributed by atoms with E-state index in [4.69, 9.17) is 38.3 Å². The Morgan fingerprint density at radius 2 is 1.05 bits per heavy atom. The van der Waals surface area contributed by atoms with Crippen molar-refractivity contribution in [2.45, 2.75) is 189 Å². The van der Waals surface area contributed by atoms with Gasteiger partial charge in [0.05, 0.1) is 34.0 Å². The van der Waals surface area contributed by atoms with Crippen molar-refractivity contribution >= 4 is 64.3 Å². The van der Waals surface area contributed by atoms with Crippen LogP contribution in [0.3, 0.4) is 0 Å². The molecule has 1 fully saturated rings. The molecule has 1 saturated heterocycles. The summed E-state index contributed by atoms with van der Waals surface area (Å²) in [5.41, 5.74) is 0.619. The third-order valence-electron chi connectivity index (χ3n) is 8.33. The molecular weight excluding hydrogens is 1060 g/mol. The summed E-state index contributed by atoms with van der Waals surface area (Å²) in [6.45, 7) is 27.8. The molecule has 436 valence electrons. The van der Waals surface area contributed by atoms with E-state index < -0.39 is 82.5 Å². The number of carbonyl (C=O) groups is 8. The number of cyclic esters (lactones) is 1. The van der Waals surface area contributed by atoms with Crippen LogP contribution in [0.4, 0.5) is 24.0 Å². The lowest BCUT2D eigenvalue weighted by molar-refractivity contribution is -0.409. The summed E-state index contributed by atoms with van der Waals surface area (Å²) in [6.07, 6.45) is -0.0560. The van der Waals surface area contributed by atoms with E-state index in [0.29, 0.717) is 57.1 Å². The van der Waals surface area contributed by atoms with Gasteiger partial charge in [0.2, 0.25) is 0 Å². The predicted octanol–water partition coefficient (Wildman–Crippen LogP) is 1.97. The van der Waals surface area contributed by atoms with Crippen LogP contribution in [0.2, 0.25) is 0 Å². The van der Waals surface area contributed by atoms with E-state index in [1.165, 1.54) is 19.1 Å². The van der Waals surface area contributed by atoms with E-state index >= 15 is 0 Å². The lowest BCUT2D eigenvalue weighted by Crippen LogP contribution is -3.00. The first-order valence-electron chi connectivity index (χ1n) is 24.2. The van der Waals surface area contributed by atoms with Gasteiger partial charge in [-0.3, -0.25) is 9.80 Å². The molecular formula is C48H92BrClN6O18. The maximum atomic E-state index is 12.4. The highest BCUT2D eigenvalue weighted by atomic mass is 79.9. The van der Waals surface area contributed by atoms with Crippen LogP contribution >= 0.6 is 15.9 Å². The zero-order chi connectivity index (χ0) is 57.4. The highest BCUT2D eigenvalue weighted by Gasteiger charge is 2.37. The number of amides is 5. The summed E-state index contributed by atoms with van der Waals surface area (Å²) in [5, 5.41) is 25.6. The first-order valence-corrected chi connectivity index (χ1v) is 25.3. The summed E-state index contributed by atoms with van der Waals surface area (Å²) in [5.74, 6) is -1.40. The lowest BCUT2D eigenvalue weighted by atomic mass is 10.1. The molecule has 26 heteroatoms. The van der Waals surface area contributed by atoms with Crippen molar-refractivity contribution in [3.63, 3.8) is 0 Å². The number of hydrogen-bond donors (Lipinski definition) is 6. The van der Waals surface area contributed by atoms with Crippen LogP contribution in [0.25, 0.3) is 0 Å². The van der Waals surface area contributed by atoms with Gasteiger partial charge in [0, 0.05) is 37.9 Å². The fourth-order valence-electron chi connectivity index (χ4n) is 5.51. The molecule has 0 aromatic rings. The van der Waals surface area contributed by atoms with E-state index in [9.17, 15) is 43.5 Å². The number of aliphatic hydroxyl groups excluding tert-OH is 2. The zero-order valence-electron chi connectivity index (χ0n) is 47.1. The highest BCUT2D eigenvalue weighted by molar-refractivity contribution is 9.09. The van der Waals surface area contributed by atoms with Gasteiger partial charge >= 0.3 is 48.4 Å². The minimum Gasteiger partial charge on any atom is -1.00 e. The summed E-state index contributed by atoms with van der Waals surface area (Å²) in [7, 11) is 2.56. The molecule has 0 aromatic carbocycles. The number of alkyl halides is 1. The summed E-state index contributed by atoms with van der Waals surface area (Å²) in [6, 6.07) is -2.03. The van der Waals surface area contributed by atoms with Gasteiger partial charge in [-0.05, 0) is 136 Å². The topological polar surface area (TPSA) is 321 Å². The third-order valence-corrected chi connectivity index (χ3v) is 8.69. The summed E-state index contributed by atoms with van der Waals surface area (Å²) < 4.78 is 40.3. The molecule has 3 atom stereocenters. The second-order valence-corrected chi connectivity index (χ2v) is 21.9. The van der Waals surface area contributed by atoms with Crippen LogP contribution in [-0.4, -0.2) is 187 Å². The largest absolute Gasteiger partial charge is 1.00 e. The summed E-state index contributed by atoms with van der Waals surface area (Å²) >= 11 is 3.00. The van der Waals surface area contributed by atoms with Crippen molar-refractivity contribution in [1.29, 1.82) is 0 Å². The average molecular weight is 1160 g/mol. The predicted molar refractivity (Wildman–Crippen MR) is 274 cm³/mol. The number of esters is 3. The number of alkyl carbamates (subject to hydrolysis) is 3. The molecule has 74 heavy (non-hydrogen) atoms. The van der Waals surface area contributed by atoms with Crippen LogP contribution in [-0.2, 0) is 52.3 Å². The molecule has 0 aliphatic carbocycles. The molecule has 24 nitrogen and oxygen atoms in total.